The fourth-order valence-corrected chi connectivity index (χ4v) is 4.54. The first-order valence-electron chi connectivity index (χ1n) is 9.04. The number of hydrogen-bond acceptors (Lipinski definition) is 6. The number of alkyl halides is 2. The Balaban J connectivity index is 1.58. The van der Waals surface area contributed by atoms with Crippen LogP contribution in [0.15, 0.2) is 40.6 Å². The zero-order valence-corrected chi connectivity index (χ0v) is 17.5. The molecule has 10 heteroatoms. The van der Waals surface area contributed by atoms with Crippen molar-refractivity contribution in [3.8, 4) is 5.75 Å². The summed E-state index contributed by atoms with van der Waals surface area (Å²) in [6.07, 6.45) is 2.25. The maximum absolute atomic E-state index is 12.5. The summed E-state index contributed by atoms with van der Waals surface area (Å²) in [6, 6.07) is 7.63. The summed E-state index contributed by atoms with van der Waals surface area (Å²) >= 11 is 2.14. The Morgan fingerprint density at radius 2 is 1.97 bits per heavy atom. The van der Waals surface area contributed by atoms with E-state index in [0.29, 0.717) is 10.4 Å². The molecule has 1 N–H and O–H groups in total. The maximum Gasteiger partial charge on any atom is 0.387 e. The van der Waals surface area contributed by atoms with E-state index >= 15 is 0 Å². The van der Waals surface area contributed by atoms with E-state index in [1.54, 1.807) is 0 Å². The molecule has 3 rings (SSSR count). The van der Waals surface area contributed by atoms with Gasteiger partial charge < -0.3 is 10.1 Å². The molecule has 6 nitrogen and oxygen atoms in total. The van der Waals surface area contributed by atoms with Crippen molar-refractivity contribution in [2.24, 2.45) is 0 Å². The second-order valence-corrected chi connectivity index (χ2v) is 8.07. The van der Waals surface area contributed by atoms with Crippen molar-refractivity contribution in [1.29, 1.82) is 0 Å². The number of benzene rings is 1. The molecule has 3 amide bonds. The Kier molecular flexibility index (Phi) is 7.22. The molecule has 0 unspecified atom stereocenters. The third-order valence-electron chi connectivity index (χ3n) is 4.23. The van der Waals surface area contributed by atoms with Gasteiger partial charge in [-0.3, -0.25) is 19.3 Å². The summed E-state index contributed by atoms with van der Waals surface area (Å²) in [5.41, 5.74) is 1.52. The van der Waals surface area contributed by atoms with E-state index in [-0.39, 0.29) is 29.7 Å². The van der Waals surface area contributed by atoms with Crippen molar-refractivity contribution in [2.45, 2.75) is 20.0 Å². The van der Waals surface area contributed by atoms with E-state index in [1.807, 2.05) is 18.4 Å². The predicted octanol–water partition coefficient (Wildman–Crippen LogP) is 4.38. The van der Waals surface area contributed by atoms with Crippen LogP contribution < -0.4 is 10.1 Å². The number of imide groups is 1. The van der Waals surface area contributed by atoms with Crippen molar-refractivity contribution < 1.29 is 27.9 Å². The van der Waals surface area contributed by atoms with Gasteiger partial charge >= 0.3 is 6.61 Å². The molecule has 0 atom stereocenters. The van der Waals surface area contributed by atoms with Gasteiger partial charge in [-0.15, -0.1) is 11.3 Å². The SMILES string of the molecule is CCc1ccsc1C(=O)NCCN1C(=O)S/C(=C/c2ccc(OC(F)F)cc2)C1=O. The van der Waals surface area contributed by atoms with E-state index in [2.05, 4.69) is 10.1 Å². The van der Waals surface area contributed by atoms with Gasteiger partial charge in [-0.25, -0.2) is 0 Å². The lowest BCUT2D eigenvalue weighted by Gasteiger charge is -2.13. The summed E-state index contributed by atoms with van der Waals surface area (Å²) in [6.45, 7) is -0.751. The number of hydrogen-bond donors (Lipinski definition) is 1. The van der Waals surface area contributed by atoms with Crippen LogP contribution in [0.5, 0.6) is 5.75 Å². The minimum Gasteiger partial charge on any atom is -0.435 e. The summed E-state index contributed by atoms with van der Waals surface area (Å²) in [5, 5.41) is 4.16. The molecule has 1 aromatic heterocycles. The number of nitrogens with zero attached hydrogens (tertiary/aromatic N) is 1. The van der Waals surface area contributed by atoms with Crippen LogP contribution in [-0.2, 0) is 11.2 Å². The molecule has 158 valence electrons. The fraction of sp³-hybridized carbons (Fsp3) is 0.250. The van der Waals surface area contributed by atoms with Crippen LogP contribution in [0.3, 0.4) is 0 Å². The van der Waals surface area contributed by atoms with Gasteiger partial charge in [0.2, 0.25) is 0 Å². The quantitative estimate of drug-likeness (QED) is 0.602. The Morgan fingerprint density at radius 1 is 1.23 bits per heavy atom. The summed E-state index contributed by atoms with van der Waals surface area (Å²) in [7, 11) is 0. The molecule has 0 radical (unpaired) electrons. The van der Waals surface area contributed by atoms with Crippen molar-refractivity contribution in [1.82, 2.24) is 10.2 Å². The number of halogens is 2. The normalized spacial score (nSPS) is 15.3. The van der Waals surface area contributed by atoms with E-state index in [1.165, 1.54) is 41.7 Å². The minimum absolute atomic E-state index is 0.00275. The molecule has 2 heterocycles. The van der Waals surface area contributed by atoms with Crippen LogP contribution >= 0.6 is 23.1 Å². The highest BCUT2D eigenvalue weighted by Crippen LogP contribution is 2.32. The first-order valence-corrected chi connectivity index (χ1v) is 10.7. The zero-order chi connectivity index (χ0) is 21.7. The number of nitrogens with one attached hydrogen (secondary N) is 1. The Hall–Kier alpha value is -2.72. The van der Waals surface area contributed by atoms with Gasteiger partial charge in [-0.1, -0.05) is 19.1 Å². The van der Waals surface area contributed by atoms with Gasteiger partial charge in [0.15, 0.2) is 0 Å². The van der Waals surface area contributed by atoms with Gasteiger partial charge in [-0.2, -0.15) is 8.78 Å². The average Bonchev–Trinajstić information content (AvgIpc) is 3.29. The number of amides is 3. The number of thiophene rings is 1. The number of carbonyl (C=O) groups is 3. The van der Waals surface area contributed by atoms with Crippen molar-refractivity contribution in [3.63, 3.8) is 0 Å². The van der Waals surface area contributed by atoms with Crippen molar-refractivity contribution >= 4 is 46.2 Å². The predicted molar refractivity (Wildman–Crippen MR) is 112 cm³/mol. The lowest BCUT2D eigenvalue weighted by molar-refractivity contribution is -0.122. The van der Waals surface area contributed by atoms with Crippen molar-refractivity contribution in [2.75, 3.05) is 13.1 Å². The smallest absolute Gasteiger partial charge is 0.387 e. The number of aryl methyl sites for hydroxylation is 1. The van der Waals surface area contributed by atoms with E-state index in [9.17, 15) is 23.2 Å². The van der Waals surface area contributed by atoms with Gasteiger partial charge in [-0.05, 0) is 59.0 Å². The zero-order valence-electron chi connectivity index (χ0n) is 15.9. The molecule has 1 aliphatic rings. The van der Waals surface area contributed by atoms with Gasteiger partial charge in [0.05, 0.1) is 9.78 Å². The largest absolute Gasteiger partial charge is 0.435 e. The molecule has 1 aromatic carbocycles. The van der Waals surface area contributed by atoms with E-state index < -0.39 is 17.8 Å². The lowest BCUT2D eigenvalue weighted by Crippen LogP contribution is -2.37. The van der Waals surface area contributed by atoms with Crippen LogP contribution in [0, 0.1) is 0 Å². The maximum atomic E-state index is 12.5. The number of thioether (sulfide) groups is 1. The van der Waals surface area contributed by atoms with Gasteiger partial charge in [0, 0.05) is 13.1 Å². The molecular weight excluding hydrogens is 434 g/mol. The second-order valence-electron chi connectivity index (χ2n) is 6.17. The molecule has 0 aliphatic carbocycles. The molecule has 1 saturated heterocycles. The molecule has 0 spiro atoms. The van der Waals surface area contributed by atoms with Crippen LogP contribution in [0.2, 0.25) is 0 Å². The average molecular weight is 453 g/mol. The molecule has 2 aromatic rings. The molecule has 0 saturated carbocycles. The monoisotopic (exact) mass is 452 g/mol. The molecule has 0 bridgehead atoms. The molecular formula is C20H18F2N2O4S2. The lowest BCUT2D eigenvalue weighted by atomic mass is 10.2. The standard InChI is InChI=1S/C20H18F2N2O4S2/c1-2-13-7-10-29-16(13)17(25)23-8-9-24-18(26)15(30-20(24)27)11-12-3-5-14(6-4-12)28-19(21)22/h3-7,10-11,19H,2,8-9H2,1H3,(H,23,25)/b15-11+. The van der Waals surface area contributed by atoms with Crippen LogP contribution in [0.4, 0.5) is 13.6 Å². The Morgan fingerprint density at radius 3 is 2.63 bits per heavy atom. The Bertz CT molecular complexity index is 973. The Labute approximate surface area is 179 Å². The summed E-state index contributed by atoms with van der Waals surface area (Å²) in [5.74, 6) is -0.684. The number of carbonyl (C=O) groups excluding carboxylic acids is 3. The minimum atomic E-state index is -2.92. The van der Waals surface area contributed by atoms with Crippen molar-refractivity contribution in [3.05, 3.63) is 56.6 Å². The first kappa shape index (κ1) is 22.0. The topological polar surface area (TPSA) is 75.7 Å². The van der Waals surface area contributed by atoms with Gasteiger partial charge in [0.25, 0.3) is 17.1 Å². The van der Waals surface area contributed by atoms with Gasteiger partial charge in [0.1, 0.15) is 5.75 Å². The highest BCUT2D eigenvalue weighted by atomic mass is 32.2. The molecule has 1 fully saturated rings. The molecule has 1 aliphatic heterocycles. The highest BCUT2D eigenvalue weighted by molar-refractivity contribution is 8.18. The summed E-state index contributed by atoms with van der Waals surface area (Å²) < 4.78 is 28.7. The van der Waals surface area contributed by atoms with E-state index in [4.69, 9.17) is 0 Å². The fourth-order valence-electron chi connectivity index (χ4n) is 2.76. The van der Waals surface area contributed by atoms with Crippen LogP contribution in [0.25, 0.3) is 6.08 Å². The third kappa shape index (κ3) is 5.25. The first-order chi connectivity index (χ1) is 14.4. The molecule has 30 heavy (non-hydrogen) atoms. The van der Waals surface area contributed by atoms with E-state index in [0.717, 1.165) is 28.6 Å². The van der Waals surface area contributed by atoms with Crippen LogP contribution in [0.1, 0.15) is 27.7 Å². The highest BCUT2D eigenvalue weighted by Gasteiger charge is 2.34. The number of ether oxygens (including phenoxy) is 1. The third-order valence-corrected chi connectivity index (χ3v) is 6.09. The number of rotatable bonds is 8. The second kappa shape index (κ2) is 9.86. The summed E-state index contributed by atoms with van der Waals surface area (Å²) in [4.78, 5) is 38.9. The van der Waals surface area contributed by atoms with Crippen LogP contribution in [-0.4, -0.2) is 41.7 Å².